The molecule has 0 saturated heterocycles. The average molecular weight is 314 g/mol. The minimum atomic E-state index is -0.146. The number of aryl methyl sites for hydroxylation is 2. The lowest BCUT2D eigenvalue weighted by Gasteiger charge is -2.10. The van der Waals surface area contributed by atoms with Crippen molar-refractivity contribution < 1.29 is 4.79 Å². The smallest absolute Gasteiger partial charge is 0.319 e. The third-order valence-corrected chi connectivity index (χ3v) is 4.30. The Hall–Kier alpha value is -1.94. The monoisotopic (exact) mass is 314 g/mol. The number of rotatable bonds is 6. The van der Waals surface area contributed by atoms with E-state index in [0.717, 1.165) is 22.8 Å². The lowest BCUT2D eigenvalue weighted by atomic mass is 10.1. The summed E-state index contributed by atoms with van der Waals surface area (Å²) in [7, 11) is 0. The Morgan fingerprint density at radius 1 is 1.09 bits per heavy atom. The van der Waals surface area contributed by atoms with Crippen molar-refractivity contribution in [2.45, 2.75) is 19.6 Å². The van der Waals surface area contributed by atoms with Crippen molar-refractivity contribution in [1.82, 2.24) is 5.32 Å². The fourth-order valence-corrected chi connectivity index (χ4v) is 2.94. The van der Waals surface area contributed by atoms with Gasteiger partial charge in [-0.15, -0.1) is 0 Å². The molecule has 0 heterocycles. The molecule has 2 N–H and O–H groups in total. The molecule has 2 aromatic rings. The van der Waals surface area contributed by atoms with Crippen LogP contribution in [0.5, 0.6) is 0 Å². The molecule has 0 radical (unpaired) electrons. The second-order valence-electron chi connectivity index (χ2n) is 5.24. The third kappa shape index (κ3) is 5.45. The molecule has 0 saturated carbocycles. The van der Waals surface area contributed by atoms with E-state index in [9.17, 15) is 4.79 Å². The highest BCUT2D eigenvalue weighted by molar-refractivity contribution is 7.98. The van der Waals surface area contributed by atoms with Crippen LogP contribution in [0.4, 0.5) is 10.5 Å². The first-order valence-electron chi connectivity index (χ1n) is 7.39. The topological polar surface area (TPSA) is 41.1 Å². The maximum atomic E-state index is 11.9. The summed E-state index contributed by atoms with van der Waals surface area (Å²) in [6, 6.07) is 16.2. The number of hydrogen-bond acceptors (Lipinski definition) is 2. The van der Waals surface area contributed by atoms with Gasteiger partial charge in [0.25, 0.3) is 0 Å². The first-order valence-corrected chi connectivity index (χ1v) is 8.54. The van der Waals surface area contributed by atoms with E-state index in [4.69, 9.17) is 0 Å². The fourth-order valence-electron chi connectivity index (χ4n) is 2.12. The lowest BCUT2D eigenvalue weighted by molar-refractivity contribution is 0.252. The number of hydrogen-bond donors (Lipinski definition) is 2. The SMILES string of the molecule is Cc1ccc(NC(=O)NCCSCc2ccccc2)c(C)c1. The largest absolute Gasteiger partial charge is 0.337 e. The normalized spacial score (nSPS) is 10.3. The number of carbonyl (C=O) groups is 1. The first kappa shape index (κ1) is 16.4. The van der Waals surface area contributed by atoms with Crippen molar-refractivity contribution in [3.8, 4) is 0 Å². The molecular formula is C18H22N2OS. The molecule has 4 heteroatoms. The molecule has 3 nitrogen and oxygen atoms in total. The zero-order valence-corrected chi connectivity index (χ0v) is 13.9. The fraction of sp³-hybridized carbons (Fsp3) is 0.278. The van der Waals surface area contributed by atoms with Crippen LogP contribution >= 0.6 is 11.8 Å². The van der Waals surface area contributed by atoms with Gasteiger partial charge in [0.05, 0.1) is 0 Å². The maximum Gasteiger partial charge on any atom is 0.319 e. The van der Waals surface area contributed by atoms with Crippen molar-refractivity contribution in [3.05, 3.63) is 65.2 Å². The van der Waals surface area contributed by atoms with Crippen LogP contribution in [-0.4, -0.2) is 18.3 Å². The van der Waals surface area contributed by atoms with Crippen molar-refractivity contribution in [2.24, 2.45) is 0 Å². The Morgan fingerprint density at radius 3 is 2.59 bits per heavy atom. The second-order valence-corrected chi connectivity index (χ2v) is 6.34. The Kier molecular flexibility index (Phi) is 6.34. The molecule has 0 bridgehead atoms. The van der Waals surface area contributed by atoms with Crippen LogP contribution in [0.25, 0.3) is 0 Å². The Balaban J connectivity index is 1.65. The number of urea groups is 1. The summed E-state index contributed by atoms with van der Waals surface area (Å²) in [6.45, 7) is 4.70. The van der Waals surface area contributed by atoms with Gasteiger partial charge in [-0.1, -0.05) is 48.0 Å². The number of anilines is 1. The number of carbonyl (C=O) groups excluding carboxylic acids is 1. The minimum absolute atomic E-state index is 0.146. The predicted molar refractivity (Wildman–Crippen MR) is 95.5 cm³/mol. The van der Waals surface area contributed by atoms with Gasteiger partial charge in [0.15, 0.2) is 0 Å². The molecule has 0 aliphatic heterocycles. The van der Waals surface area contributed by atoms with Crippen molar-refractivity contribution in [1.29, 1.82) is 0 Å². The van der Waals surface area contributed by atoms with E-state index in [0.29, 0.717) is 6.54 Å². The summed E-state index contributed by atoms with van der Waals surface area (Å²) in [5.74, 6) is 1.87. The molecule has 0 aromatic heterocycles. The molecule has 2 aromatic carbocycles. The Labute approximate surface area is 136 Å². The Morgan fingerprint density at radius 2 is 1.86 bits per heavy atom. The van der Waals surface area contributed by atoms with Gasteiger partial charge in [0.2, 0.25) is 0 Å². The highest BCUT2D eigenvalue weighted by Crippen LogP contribution is 2.15. The highest BCUT2D eigenvalue weighted by atomic mass is 32.2. The van der Waals surface area contributed by atoms with E-state index in [1.54, 1.807) is 0 Å². The van der Waals surface area contributed by atoms with Crippen molar-refractivity contribution in [2.75, 3.05) is 17.6 Å². The van der Waals surface area contributed by atoms with E-state index >= 15 is 0 Å². The van der Waals surface area contributed by atoms with Crippen molar-refractivity contribution in [3.63, 3.8) is 0 Å². The zero-order chi connectivity index (χ0) is 15.8. The van der Waals surface area contributed by atoms with Gasteiger partial charge in [-0.3, -0.25) is 0 Å². The molecule has 0 spiro atoms. The maximum absolute atomic E-state index is 11.9. The quantitative estimate of drug-likeness (QED) is 0.778. The van der Waals surface area contributed by atoms with Crippen LogP contribution in [0.15, 0.2) is 48.5 Å². The van der Waals surface area contributed by atoms with Crippen LogP contribution in [0.2, 0.25) is 0 Å². The molecule has 116 valence electrons. The first-order chi connectivity index (χ1) is 10.6. The lowest BCUT2D eigenvalue weighted by Crippen LogP contribution is -2.30. The predicted octanol–water partition coefficient (Wildman–Crippen LogP) is 4.36. The van der Waals surface area contributed by atoms with Gasteiger partial charge in [0.1, 0.15) is 0 Å². The molecule has 0 aliphatic carbocycles. The average Bonchev–Trinajstić information content (AvgIpc) is 2.51. The van der Waals surface area contributed by atoms with Gasteiger partial charge in [-0.05, 0) is 31.0 Å². The summed E-state index contributed by atoms with van der Waals surface area (Å²) in [5, 5.41) is 5.78. The number of thioether (sulfide) groups is 1. The van der Waals surface area contributed by atoms with Crippen LogP contribution in [0.1, 0.15) is 16.7 Å². The summed E-state index contributed by atoms with van der Waals surface area (Å²) in [6.07, 6.45) is 0. The number of nitrogens with one attached hydrogen (secondary N) is 2. The molecular weight excluding hydrogens is 292 g/mol. The van der Waals surface area contributed by atoms with Gasteiger partial charge in [-0.2, -0.15) is 11.8 Å². The second kappa shape index (κ2) is 8.49. The Bertz CT molecular complexity index is 614. The highest BCUT2D eigenvalue weighted by Gasteiger charge is 2.03. The van der Waals surface area contributed by atoms with Gasteiger partial charge < -0.3 is 10.6 Å². The molecule has 0 atom stereocenters. The number of amides is 2. The van der Waals surface area contributed by atoms with E-state index in [1.807, 2.05) is 55.9 Å². The van der Waals surface area contributed by atoms with Crippen LogP contribution < -0.4 is 10.6 Å². The molecule has 2 amide bonds. The standard InChI is InChI=1S/C18H22N2OS/c1-14-8-9-17(15(2)12-14)20-18(21)19-10-11-22-13-16-6-4-3-5-7-16/h3-9,12H,10-11,13H2,1-2H3,(H2,19,20,21). The minimum Gasteiger partial charge on any atom is -0.337 e. The van der Waals surface area contributed by atoms with Crippen LogP contribution in [0, 0.1) is 13.8 Å². The van der Waals surface area contributed by atoms with Crippen LogP contribution in [-0.2, 0) is 5.75 Å². The molecule has 0 unspecified atom stereocenters. The molecule has 0 fully saturated rings. The number of benzene rings is 2. The van der Waals surface area contributed by atoms with Gasteiger partial charge in [-0.25, -0.2) is 4.79 Å². The van der Waals surface area contributed by atoms with Crippen LogP contribution in [0.3, 0.4) is 0 Å². The van der Waals surface area contributed by atoms with E-state index < -0.39 is 0 Å². The zero-order valence-electron chi connectivity index (χ0n) is 13.1. The van der Waals surface area contributed by atoms with Gasteiger partial charge in [0, 0.05) is 23.7 Å². The van der Waals surface area contributed by atoms with E-state index in [-0.39, 0.29) is 6.03 Å². The third-order valence-electron chi connectivity index (χ3n) is 3.27. The summed E-state index contributed by atoms with van der Waals surface area (Å²) in [5.41, 5.74) is 4.45. The van der Waals surface area contributed by atoms with Crippen molar-refractivity contribution >= 4 is 23.5 Å². The van der Waals surface area contributed by atoms with Gasteiger partial charge >= 0.3 is 6.03 Å². The van der Waals surface area contributed by atoms with E-state index in [1.165, 1.54) is 11.1 Å². The molecule has 0 aliphatic rings. The summed E-state index contributed by atoms with van der Waals surface area (Å²) in [4.78, 5) is 11.9. The summed E-state index contributed by atoms with van der Waals surface area (Å²) < 4.78 is 0. The summed E-state index contributed by atoms with van der Waals surface area (Å²) >= 11 is 1.82. The van der Waals surface area contributed by atoms with E-state index in [2.05, 4.69) is 28.8 Å². The molecule has 2 rings (SSSR count). The molecule has 22 heavy (non-hydrogen) atoms.